The van der Waals surface area contributed by atoms with Crippen LogP contribution in [0.1, 0.15) is 26.7 Å². The molecule has 1 aromatic heterocycles. The maximum Gasteiger partial charge on any atom is 0.303 e. The Kier molecular flexibility index (Phi) is 5.66. The maximum atomic E-state index is 11.9. The van der Waals surface area contributed by atoms with E-state index in [4.69, 9.17) is 5.11 Å². The van der Waals surface area contributed by atoms with Gasteiger partial charge in [0.05, 0.1) is 12.7 Å². The van der Waals surface area contributed by atoms with Crippen molar-refractivity contribution in [1.82, 2.24) is 19.8 Å². The van der Waals surface area contributed by atoms with Gasteiger partial charge in [0.25, 0.3) is 0 Å². The van der Waals surface area contributed by atoms with Gasteiger partial charge < -0.3 is 10.4 Å². The van der Waals surface area contributed by atoms with Crippen LogP contribution in [-0.4, -0.2) is 47.3 Å². The largest absolute Gasteiger partial charge is 0.481 e. The Bertz CT molecular complexity index is 650. The van der Waals surface area contributed by atoms with Crippen molar-refractivity contribution in [3.05, 3.63) is 12.4 Å². The summed E-state index contributed by atoms with van der Waals surface area (Å²) >= 11 is 0. The summed E-state index contributed by atoms with van der Waals surface area (Å²) in [5.41, 5.74) is -0.741. The Morgan fingerprint density at radius 2 is 2.05 bits per heavy atom. The van der Waals surface area contributed by atoms with Crippen LogP contribution >= 0.6 is 0 Å². The highest BCUT2D eigenvalue weighted by Crippen LogP contribution is 2.11. The van der Waals surface area contributed by atoms with Crippen molar-refractivity contribution in [3.63, 3.8) is 0 Å². The Balaban J connectivity index is 2.54. The van der Waals surface area contributed by atoms with Gasteiger partial charge in [0.2, 0.25) is 15.9 Å². The molecule has 0 aromatic carbocycles. The SMILES string of the molecule is Cn1cc(S(=O)(=O)NCC(=O)NC(C)(C)CCC(=O)O)cn1. The van der Waals surface area contributed by atoms with Crippen LogP contribution in [0.25, 0.3) is 0 Å². The van der Waals surface area contributed by atoms with Gasteiger partial charge in [-0.25, -0.2) is 13.1 Å². The molecule has 10 heteroatoms. The molecule has 9 nitrogen and oxygen atoms in total. The van der Waals surface area contributed by atoms with E-state index in [1.807, 2.05) is 0 Å². The average molecular weight is 332 g/mol. The lowest BCUT2D eigenvalue weighted by molar-refractivity contribution is -0.137. The van der Waals surface area contributed by atoms with E-state index in [0.717, 1.165) is 0 Å². The topological polar surface area (TPSA) is 130 Å². The minimum absolute atomic E-state index is 0.0343. The lowest BCUT2D eigenvalue weighted by Gasteiger charge is -2.25. The predicted octanol–water partition coefficient (Wildman–Crippen LogP) is -0.542. The molecule has 0 fully saturated rings. The lowest BCUT2D eigenvalue weighted by atomic mass is 9.98. The number of carbonyl (C=O) groups excluding carboxylic acids is 1. The van der Waals surface area contributed by atoms with E-state index in [-0.39, 0.29) is 17.7 Å². The van der Waals surface area contributed by atoms with Crippen molar-refractivity contribution in [1.29, 1.82) is 0 Å². The Morgan fingerprint density at radius 1 is 1.41 bits per heavy atom. The van der Waals surface area contributed by atoms with Gasteiger partial charge in [0, 0.05) is 25.2 Å². The predicted molar refractivity (Wildman–Crippen MR) is 77.5 cm³/mol. The highest BCUT2D eigenvalue weighted by Gasteiger charge is 2.23. The molecule has 0 saturated heterocycles. The van der Waals surface area contributed by atoms with E-state index >= 15 is 0 Å². The zero-order valence-electron chi connectivity index (χ0n) is 12.7. The normalized spacial score (nSPS) is 12.1. The van der Waals surface area contributed by atoms with E-state index in [9.17, 15) is 18.0 Å². The summed E-state index contributed by atoms with van der Waals surface area (Å²) in [4.78, 5) is 22.3. The Labute approximate surface area is 128 Å². The molecule has 3 N–H and O–H groups in total. The molecule has 0 aliphatic heterocycles. The number of rotatable bonds is 8. The van der Waals surface area contributed by atoms with Gasteiger partial charge in [-0.15, -0.1) is 0 Å². The first kappa shape index (κ1) is 18.1. The molecule has 0 aliphatic rings. The van der Waals surface area contributed by atoms with Crippen molar-refractivity contribution >= 4 is 21.9 Å². The summed E-state index contributed by atoms with van der Waals surface area (Å²) in [6.07, 6.45) is 2.65. The van der Waals surface area contributed by atoms with Crippen LogP contribution in [0.3, 0.4) is 0 Å². The summed E-state index contributed by atoms with van der Waals surface area (Å²) in [6.45, 7) is 2.90. The molecule has 0 atom stereocenters. The molecule has 1 heterocycles. The smallest absolute Gasteiger partial charge is 0.303 e. The van der Waals surface area contributed by atoms with Gasteiger partial charge in [-0.05, 0) is 20.3 Å². The third-order valence-corrected chi connectivity index (χ3v) is 4.21. The van der Waals surface area contributed by atoms with Crippen LogP contribution in [0.5, 0.6) is 0 Å². The van der Waals surface area contributed by atoms with Gasteiger partial charge in [-0.1, -0.05) is 0 Å². The molecule has 0 bridgehead atoms. The molecular weight excluding hydrogens is 312 g/mol. The monoisotopic (exact) mass is 332 g/mol. The third kappa shape index (κ3) is 5.82. The fourth-order valence-electron chi connectivity index (χ4n) is 1.68. The van der Waals surface area contributed by atoms with E-state index in [1.54, 1.807) is 20.9 Å². The van der Waals surface area contributed by atoms with Crippen LogP contribution in [0.4, 0.5) is 0 Å². The second-order valence-corrected chi connectivity index (χ2v) is 7.27. The number of sulfonamides is 1. The first-order chi connectivity index (χ1) is 10.0. The van der Waals surface area contributed by atoms with E-state index < -0.39 is 34.0 Å². The first-order valence-corrected chi connectivity index (χ1v) is 8.01. The second kappa shape index (κ2) is 6.88. The van der Waals surface area contributed by atoms with Crippen molar-refractivity contribution in [3.8, 4) is 0 Å². The van der Waals surface area contributed by atoms with Crippen LogP contribution in [0.2, 0.25) is 0 Å². The zero-order valence-corrected chi connectivity index (χ0v) is 13.5. The molecule has 0 unspecified atom stereocenters. The first-order valence-electron chi connectivity index (χ1n) is 6.53. The number of aliphatic carboxylic acids is 1. The second-order valence-electron chi connectivity index (χ2n) is 5.50. The standard InChI is InChI=1S/C12H20N4O5S/c1-12(2,5-4-11(18)19)15-10(17)7-14-22(20,21)9-6-13-16(3)8-9/h6,8,14H,4-5,7H2,1-3H3,(H,15,17)(H,18,19). The van der Waals surface area contributed by atoms with Crippen LogP contribution < -0.4 is 10.0 Å². The molecule has 0 aliphatic carbocycles. The Morgan fingerprint density at radius 3 is 2.55 bits per heavy atom. The number of aromatic nitrogens is 2. The highest BCUT2D eigenvalue weighted by molar-refractivity contribution is 7.89. The van der Waals surface area contributed by atoms with Gasteiger partial charge in [-0.3, -0.25) is 14.3 Å². The Hall–Kier alpha value is -1.94. The summed E-state index contributed by atoms with van der Waals surface area (Å²) in [7, 11) is -2.22. The van der Waals surface area contributed by atoms with Crippen molar-refractivity contribution in [2.45, 2.75) is 37.1 Å². The van der Waals surface area contributed by atoms with Crippen molar-refractivity contribution in [2.24, 2.45) is 7.05 Å². The molecule has 0 spiro atoms. The molecule has 22 heavy (non-hydrogen) atoms. The number of hydrogen-bond donors (Lipinski definition) is 3. The van der Waals surface area contributed by atoms with Crippen molar-refractivity contribution < 1.29 is 23.1 Å². The summed E-state index contributed by atoms with van der Waals surface area (Å²) in [5.74, 6) is -1.50. The van der Waals surface area contributed by atoms with Crippen molar-refractivity contribution in [2.75, 3.05) is 6.54 Å². The highest BCUT2D eigenvalue weighted by atomic mass is 32.2. The molecule has 0 radical (unpaired) electrons. The summed E-state index contributed by atoms with van der Waals surface area (Å²) in [6, 6.07) is 0. The number of carboxylic acid groups (broad SMARTS) is 1. The number of nitrogens with one attached hydrogen (secondary N) is 2. The lowest BCUT2D eigenvalue weighted by Crippen LogP contribution is -2.47. The average Bonchev–Trinajstić information content (AvgIpc) is 2.81. The number of carbonyl (C=O) groups is 2. The van der Waals surface area contributed by atoms with Gasteiger partial charge in [0.1, 0.15) is 4.90 Å². The molecule has 1 amide bonds. The molecule has 0 saturated carbocycles. The van der Waals surface area contributed by atoms with E-state index in [2.05, 4.69) is 15.1 Å². The summed E-state index contributed by atoms with van der Waals surface area (Å²) < 4.78 is 27.3. The number of hydrogen-bond acceptors (Lipinski definition) is 5. The number of aryl methyl sites for hydroxylation is 1. The number of amides is 1. The van der Waals surface area contributed by atoms with Gasteiger partial charge in [0.15, 0.2) is 0 Å². The maximum absolute atomic E-state index is 11.9. The van der Waals surface area contributed by atoms with Crippen LogP contribution in [-0.2, 0) is 26.7 Å². The molecular formula is C12H20N4O5S. The van der Waals surface area contributed by atoms with E-state index in [1.165, 1.54) is 17.1 Å². The third-order valence-electron chi connectivity index (χ3n) is 2.86. The van der Waals surface area contributed by atoms with Gasteiger partial charge in [-0.2, -0.15) is 5.10 Å². The zero-order chi connectivity index (χ0) is 17.0. The van der Waals surface area contributed by atoms with Gasteiger partial charge >= 0.3 is 5.97 Å². The fourth-order valence-corrected chi connectivity index (χ4v) is 2.65. The van der Waals surface area contributed by atoms with E-state index in [0.29, 0.717) is 0 Å². The van der Waals surface area contributed by atoms with Crippen LogP contribution in [0.15, 0.2) is 17.3 Å². The number of carboxylic acids is 1. The molecule has 124 valence electrons. The molecule has 1 aromatic rings. The van der Waals surface area contributed by atoms with Crippen LogP contribution in [0, 0.1) is 0 Å². The molecule has 1 rings (SSSR count). The summed E-state index contributed by atoms with van der Waals surface area (Å²) in [5, 5.41) is 15.0. The fraction of sp³-hybridized carbons (Fsp3) is 0.583. The number of nitrogens with zero attached hydrogens (tertiary/aromatic N) is 2. The minimum atomic E-state index is -3.80. The minimum Gasteiger partial charge on any atom is -0.481 e. The quantitative estimate of drug-likeness (QED) is 0.586.